The smallest absolute Gasteiger partial charge is 0.321 e. The van der Waals surface area contributed by atoms with Crippen molar-refractivity contribution in [1.29, 1.82) is 0 Å². The predicted molar refractivity (Wildman–Crippen MR) is 95.0 cm³/mol. The number of anilines is 1. The highest BCUT2D eigenvalue weighted by Gasteiger charge is 2.22. The predicted octanol–water partition coefficient (Wildman–Crippen LogP) is -0.850. The molecule has 1 aromatic rings. The standard InChI is InChI=1S/C13H19N5O4S2/c14-8-4-2-1-3-7(8)11(19)17-10(12(20)18-16)6-24-23-5-9(15)13(21)22/h1-4,9-10H,5-6,14-16H2,(H,17,19)(H,18,20)(H,21,22)/t9-,10-/m0/s1. The Morgan fingerprint density at radius 1 is 1.17 bits per heavy atom. The van der Waals surface area contributed by atoms with Crippen LogP contribution in [0.15, 0.2) is 24.3 Å². The van der Waals surface area contributed by atoms with Gasteiger partial charge in [0.1, 0.15) is 12.1 Å². The average molecular weight is 373 g/mol. The Morgan fingerprint density at radius 3 is 2.38 bits per heavy atom. The van der Waals surface area contributed by atoms with Crippen molar-refractivity contribution in [3.8, 4) is 0 Å². The summed E-state index contributed by atoms with van der Waals surface area (Å²) in [6.45, 7) is 0. The van der Waals surface area contributed by atoms with Crippen molar-refractivity contribution in [3.05, 3.63) is 29.8 Å². The number of aliphatic carboxylic acids is 1. The van der Waals surface area contributed by atoms with E-state index in [0.29, 0.717) is 0 Å². The van der Waals surface area contributed by atoms with Crippen LogP contribution in [-0.2, 0) is 9.59 Å². The number of hydrogen-bond acceptors (Lipinski definition) is 8. The lowest BCUT2D eigenvalue weighted by molar-refractivity contribution is -0.137. The summed E-state index contributed by atoms with van der Waals surface area (Å²) >= 11 is 0. The van der Waals surface area contributed by atoms with Crippen LogP contribution in [0.2, 0.25) is 0 Å². The van der Waals surface area contributed by atoms with Gasteiger partial charge < -0.3 is 21.9 Å². The molecule has 0 bridgehead atoms. The molecule has 0 aromatic heterocycles. The van der Waals surface area contributed by atoms with Crippen molar-refractivity contribution < 1.29 is 19.5 Å². The van der Waals surface area contributed by atoms with E-state index in [1.807, 2.05) is 5.43 Å². The van der Waals surface area contributed by atoms with Gasteiger partial charge in [-0.15, -0.1) is 0 Å². The number of hydrazine groups is 1. The molecular formula is C13H19N5O4S2. The van der Waals surface area contributed by atoms with E-state index in [-0.39, 0.29) is 22.8 Å². The second-order valence-corrected chi connectivity index (χ2v) is 7.19. The van der Waals surface area contributed by atoms with Crippen LogP contribution in [0.4, 0.5) is 5.69 Å². The van der Waals surface area contributed by atoms with Crippen molar-refractivity contribution >= 4 is 45.1 Å². The molecule has 11 heteroatoms. The minimum atomic E-state index is -1.10. The van der Waals surface area contributed by atoms with Crippen molar-refractivity contribution in [3.63, 3.8) is 0 Å². The molecule has 1 rings (SSSR count). The van der Waals surface area contributed by atoms with Gasteiger partial charge in [0.25, 0.3) is 11.8 Å². The summed E-state index contributed by atoms with van der Waals surface area (Å²) in [5.74, 6) is 3.28. The Kier molecular flexibility index (Phi) is 8.40. The van der Waals surface area contributed by atoms with E-state index < -0.39 is 29.9 Å². The maximum absolute atomic E-state index is 12.2. The fourth-order valence-electron chi connectivity index (χ4n) is 1.53. The van der Waals surface area contributed by atoms with Crippen LogP contribution in [0.1, 0.15) is 10.4 Å². The zero-order valence-electron chi connectivity index (χ0n) is 12.6. The molecule has 0 saturated heterocycles. The van der Waals surface area contributed by atoms with E-state index in [2.05, 4.69) is 5.32 Å². The summed E-state index contributed by atoms with van der Waals surface area (Å²) in [5, 5.41) is 11.2. The third-order valence-electron chi connectivity index (χ3n) is 2.85. The number of para-hydroxylation sites is 1. The van der Waals surface area contributed by atoms with E-state index >= 15 is 0 Å². The Bertz CT molecular complexity index is 601. The maximum atomic E-state index is 12.2. The first-order chi connectivity index (χ1) is 11.4. The monoisotopic (exact) mass is 373 g/mol. The van der Waals surface area contributed by atoms with Crippen LogP contribution < -0.4 is 28.1 Å². The second-order valence-electron chi connectivity index (χ2n) is 4.64. The molecule has 0 fully saturated rings. The lowest BCUT2D eigenvalue weighted by Gasteiger charge is -2.17. The van der Waals surface area contributed by atoms with Crippen LogP contribution in [0, 0.1) is 0 Å². The van der Waals surface area contributed by atoms with Gasteiger partial charge in [0.15, 0.2) is 0 Å². The number of hydrogen-bond donors (Lipinski definition) is 6. The molecule has 0 unspecified atom stereocenters. The van der Waals surface area contributed by atoms with Gasteiger partial charge in [-0.25, -0.2) is 5.84 Å². The van der Waals surface area contributed by atoms with Gasteiger partial charge in [-0.2, -0.15) is 0 Å². The van der Waals surface area contributed by atoms with E-state index in [1.165, 1.54) is 27.7 Å². The van der Waals surface area contributed by atoms with E-state index in [1.54, 1.807) is 18.2 Å². The number of nitrogen functional groups attached to an aromatic ring is 1. The number of nitrogens with one attached hydrogen (secondary N) is 2. The number of carbonyl (C=O) groups excluding carboxylic acids is 2. The van der Waals surface area contributed by atoms with Crippen LogP contribution >= 0.6 is 21.6 Å². The highest BCUT2D eigenvalue weighted by atomic mass is 33.1. The number of benzene rings is 1. The van der Waals surface area contributed by atoms with Crippen molar-refractivity contribution in [2.75, 3.05) is 17.2 Å². The van der Waals surface area contributed by atoms with Crippen molar-refractivity contribution in [2.45, 2.75) is 12.1 Å². The third kappa shape index (κ3) is 6.28. The summed E-state index contributed by atoms with van der Waals surface area (Å²) in [7, 11) is 2.39. The summed E-state index contributed by atoms with van der Waals surface area (Å²) in [6.07, 6.45) is 0. The largest absolute Gasteiger partial charge is 0.480 e. The first-order valence-electron chi connectivity index (χ1n) is 6.75. The number of nitrogens with two attached hydrogens (primary N) is 3. The average Bonchev–Trinajstić information content (AvgIpc) is 2.56. The van der Waals surface area contributed by atoms with Gasteiger partial charge in [-0.1, -0.05) is 33.7 Å². The minimum Gasteiger partial charge on any atom is -0.480 e. The first-order valence-corrected chi connectivity index (χ1v) is 9.24. The zero-order valence-corrected chi connectivity index (χ0v) is 14.2. The van der Waals surface area contributed by atoms with Gasteiger partial charge >= 0.3 is 5.97 Å². The van der Waals surface area contributed by atoms with Crippen LogP contribution in [0.25, 0.3) is 0 Å². The molecule has 2 atom stereocenters. The highest BCUT2D eigenvalue weighted by molar-refractivity contribution is 8.76. The molecule has 0 aliphatic carbocycles. The number of carboxylic acids is 1. The van der Waals surface area contributed by atoms with Gasteiger partial charge in [-0.05, 0) is 12.1 Å². The van der Waals surface area contributed by atoms with Gasteiger partial charge in [-0.3, -0.25) is 19.8 Å². The molecule has 0 radical (unpaired) electrons. The van der Waals surface area contributed by atoms with Crippen molar-refractivity contribution in [2.24, 2.45) is 11.6 Å². The molecule has 0 spiro atoms. The molecule has 24 heavy (non-hydrogen) atoms. The number of carboxylic acid groups (broad SMARTS) is 1. The molecule has 0 saturated carbocycles. The zero-order chi connectivity index (χ0) is 18.1. The van der Waals surface area contributed by atoms with Gasteiger partial charge in [0.05, 0.1) is 5.56 Å². The highest BCUT2D eigenvalue weighted by Crippen LogP contribution is 2.23. The molecule has 132 valence electrons. The van der Waals surface area contributed by atoms with Gasteiger partial charge in [0, 0.05) is 17.2 Å². The number of carbonyl (C=O) groups is 3. The SMILES string of the molecule is NNC(=O)[C@H](CSSC[C@H](N)C(=O)O)NC(=O)c1ccccc1N. The molecule has 0 heterocycles. The summed E-state index contributed by atoms with van der Waals surface area (Å²) in [6, 6.07) is 4.56. The molecule has 0 aliphatic rings. The molecule has 9 nitrogen and oxygen atoms in total. The Balaban J connectivity index is 2.60. The summed E-state index contributed by atoms with van der Waals surface area (Å²) in [5.41, 5.74) is 13.6. The quantitative estimate of drug-likeness (QED) is 0.0804. The molecule has 2 amide bonds. The minimum absolute atomic E-state index is 0.163. The lowest BCUT2D eigenvalue weighted by Crippen LogP contribution is -2.50. The molecule has 9 N–H and O–H groups in total. The van der Waals surface area contributed by atoms with Gasteiger partial charge in [0.2, 0.25) is 0 Å². The summed E-state index contributed by atoms with van der Waals surface area (Å²) < 4.78 is 0. The lowest BCUT2D eigenvalue weighted by atomic mass is 10.1. The molecule has 1 aromatic carbocycles. The third-order valence-corrected chi connectivity index (χ3v) is 5.30. The Labute approximate surface area is 146 Å². The fraction of sp³-hybridized carbons (Fsp3) is 0.308. The van der Waals surface area contributed by atoms with Crippen LogP contribution in [0.3, 0.4) is 0 Å². The van der Waals surface area contributed by atoms with Crippen molar-refractivity contribution in [1.82, 2.24) is 10.7 Å². The van der Waals surface area contributed by atoms with E-state index in [0.717, 1.165) is 0 Å². The Hall–Kier alpha value is -1.95. The van der Waals surface area contributed by atoms with E-state index in [4.69, 9.17) is 22.4 Å². The van der Waals surface area contributed by atoms with E-state index in [9.17, 15) is 14.4 Å². The molecular weight excluding hydrogens is 354 g/mol. The topological polar surface area (TPSA) is 174 Å². The Morgan fingerprint density at radius 2 is 1.79 bits per heavy atom. The number of rotatable bonds is 9. The number of amides is 2. The molecule has 0 aliphatic heterocycles. The van der Waals surface area contributed by atoms with Crippen LogP contribution in [-0.4, -0.2) is 46.5 Å². The normalized spacial score (nSPS) is 12.9. The second kappa shape index (κ2) is 10.0. The fourth-order valence-corrected chi connectivity index (χ4v) is 3.81. The van der Waals surface area contributed by atoms with Crippen LogP contribution in [0.5, 0.6) is 0 Å². The summed E-state index contributed by atoms with van der Waals surface area (Å²) in [4.78, 5) is 34.6. The maximum Gasteiger partial charge on any atom is 0.321 e. The first kappa shape index (κ1) is 20.1.